The lowest BCUT2D eigenvalue weighted by Crippen LogP contribution is -2.47. The van der Waals surface area contributed by atoms with Crippen LogP contribution < -0.4 is 0 Å². The van der Waals surface area contributed by atoms with Gasteiger partial charge < -0.3 is 4.90 Å². The molecule has 0 atom stereocenters. The van der Waals surface area contributed by atoms with Crippen molar-refractivity contribution >= 4 is 17.2 Å². The van der Waals surface area contributed by atoms with E-state index in [9.17, 15) is 4.79 Å². The van der Waals surface area contributed by atoms with E-state index < -0.39 is 0 Å². The van der Waals surface area contributed by atoms with E-state index in [4.69, 9.17) is 0 Å². The van der Waals surface area contributed by atoms with Gasteiger partial charge in [0.05, 0.1) is 5.54 Å². The minimum absolute atomic E-state index is 0.206. The molecule has 1 aliphatic heterocycles. The molecule has 1 spiro atoms. The number of amides is 1. The molecule has 0 radical (unpaired) electrons. The standard InChI is InChI=1S/C20H30N2OS/c1-15-4-7-17(24-15)20(21(2)3)10-8-19(9-11-20)12-13-22(14-19)18(23)16-5-6-16/h4,7,16H,5-6,8-14H2,1-3H3. The fourth-order valence-corrected chi connectivity index (χ4v) is 6.11. The molecule has 1 aromatic heterocycles. The second kappa shape index (κ2) is 5.84. The van der Waals surface area contributed by atoms with Crippen LogP contribution in [0.3, 0.4) is 0 Å². The Morgan fingerprint density at radius 1 is 1.17 bits per heavy atom. The Balaban J connectivity index is 1.48. The minimum atomic E-state index is 0.206. The van der Waals surface area contributed by atoms with E-state index in [1.807, 2.05) is 11.3 Å². The highest BCUT2D eigenvalue weighted by Crippen LogP contribution is 2.53. The lowest BCUT2D eigenvalue weighted by atomic mass is 9.66. The maximum Gasteiger partial charge on any atom is 0.225 e. The highest BCUT2D eigenvalue weighted by Gasteiger charge is 2.49. The quantitative estimate of drug-likeness (QED) is 0.825. The predicted molar refractivity (Wildman–Crippen MR) is 99.2 cm³/mol. The van der Waals surface area contributed by atoms with Gasteiger partial charge in [-0.05, 0) is 83.5 Å². The topological polar surface area (TPSA) is 23.6 Å². The van der Waals surface area contributed by atoms with Gasteiger partial charge in [0.1, 0.15) is 0 Å². The van der Waals surface area contributed by atoms with Crippen LogP contribution in [0, 0.1) is 18.3 Å². The SMILES string of the molecule is Cc1ccc(C2(N(C)C)CCC3(CCN(C(=O)C4CC4)C3)CC2)s1. The Morgan fingerprint density at radius 2 is 1.88 bits per heavy atom. The molecule has 0 bridgehead atoms. The molecule has 132 valence electrons. The van der Waals surface area contributed by atoms with Crippen molar-refractivity contribution < 1.29 is 4.79 Å². The van der Waals surface area contributed by atoms with E-state index in [2.05, 4.69) is 43.0 Å². The molecule has 3 nitrogen and oxygen atoms in total. The highest BCUT2D eigenvalue weighted by atomic mass is 32.1. The number of carbonyl (C=O) groups excluding carboxylic acids is 1. The second-order valence-corrected chi connectivity index (χ2v) is 9.91. The first-order valence-corrected chi connectivity index (χ1v) is 10.3. The van der Waals surface area contributed by atoms with Gasteiger partial charge in [0.15, 0.2) is 0 Å². The summed E-state index contributed by atoms with van der Waals surface area (Å²) in [4.78, 5) is 20.0. The summed E-state index contributed by atoms with van der Waals surface area (Å²) in [7, 11) is 4.48. The summed E-state index contributed by atoms with van der Waals surface area (Å²) >= 11 is 1.96. The molecule has 3 fully saturated rings. The zero-order valence-electron chi connectivity index (χ0n) is 15.3. The molecule has 1 saturated heterocycles. The van der Waals surface area contributed by atoms with Crippen molar-refractivity contribution in [3.8, 4) is 0 Å². The molecular weight excluding hydrogens is 316 g/mol. The molecule has 1 amide bonds. The molecule has 1 aromatic rings. The maximum absolute atomic E-state index is 12.4. The summed E-state index contributed by atoms with van der Waals surface area (Å²) in [5.74, 6) is 0.823. The Bertz CT molecular complexity index is 623. The molecule has 2 aliphatic carbocycles. The summed E-state index contributed by atoms with van der Waals surface area (Å²) < 4.78 is 0. The fraction of sp³-hybridized carbons (Fsp3) is 0.750. The van der Waals surface area contributed by atoms with E-state index in [-0.39, 0.29) is 5.54 Å². The van der Waals surface area contributed by atoms with Crippen LogP contribution in [0.2, 0.25) is 0 Å². The van der Waals surface area contributed by atoms with Crippen LogP contribution in [0.5, 0.6) is 0 Å². The Labute approximate surface area is 150 Å². The number of aryl methyl sites for hydroxylation is 1. The number of thiophene rings is 1. The average molecular weight is 347 g/mol. The van der Waals surface area contributed by atoms with Crippen LogP contribution in [0.1, 0.15) is 54.7 Å². The van der Waals surface area contributed by atoms with Crippen molar-refractivity contribution in [1.82, 2.24) is 9.80 Å². The minimum Gasteiger partial charge on any atom is -0.342 e. The first-order chi connectivity index (χ1) is 11.4. The van der Waals surface area contributed by atoms with Gasteiger partial charge in [-0.3, -0.25) is 9.69 Å². The third-order valence-corrected chi connectivity index (χ3v) is 8.06. The maximum atomic E-state index is 12.4. The number of hydrogen-bond donors (Lipinski definition) is 0. The predicted octanol–water partition coefficient (Wildman–Crippen LogP) is 4.02. The Hall–Kier alpha value is -0.870. The van der Waals surface area contributed by atoms with E-state index in [0.29, 0.717) is 17.2 Å². The van der Waals surface area contributed by atoms with Crippen LogP contribution in [-0.2, 0) is 10.3 Å². The molecular formula is C20H30N2OS. The summed E-state index contributed by atoms with van der Waals surface area (Å²) in [6, 6.07) is 4.61. The fourth-order valence-electron chi connectivity index (χ4n) is 4.91. The number of rotatable bonds is 3. The van der Waals surface area contributed by atoms with Gasteiger partial charge in [0.2, 0.25) is 5.91 Å². The molecule has 3 aliphatic rings. The monoisotopic (exact) mass is 346 g/mol. The zero-order valence-corrected chi connectivity index (χ0v) is 16.1. The molecule has 0 unspecified atom stereocenters. The van der Waals surface area contributed by atoms with E-state index in [1.54, 1.807) is 0 Å². The third kappa shape index (κ3) is 2.72. The lowest BCUT2D eigenvalue weighted by molar-refractivity contribution is -0.132. The number of likely N-dealkylation sites (tertiary alicyclic amines) is 1. The number of nitrogens with zero attached hydrogens (tertiary/aromatic N) is 2. The van der Waals surface area contributed by atoms with Crippen molar-refractivity contribution in [3.63, 3.8) is 0 Å². The van der Waals surface area contributed by atoms with Crippen LogP contribution in [-0.4, -0.2) is 42.9 Å². The average Bonchev–Trinajstić information content (AvgIpc) is 3.20. The van der Waals surface area contributed by atoms with Crippen LogP contribution >= 0.6 is 11.3 Å². The zero-order chi connectivity index (χ0) is 16.9. The molecule has 4 heteroatoms. The lowest BCUT2D eigenvalue weighted by Gasteiger charge is -2.48. The number of carbonyl (C=O) groups is 1. The van der Waals surface area contributed by atoms with E-state index >= 15 is 0 Å². The molecule has 0 N–H and O–H groups in total. The van der Waals surface area contributed by atoms with Gasteiger partial charge in [-0.1, -0.05) is 0 Å². The van der Waals surface area contributed by atoms with Crippen LogP contribution in [0.25, 0.3) is 0 Å². The second-order valence-electron chi connectivity index (χ2n) is 8.62. The molecule has 2 heterocycles. The van der Waals surface area contributed by atoms with Crippen molar-refractivity contribution in [1.29, 1.82) is 0 Å². The normalized spacial score (nSPS) is 33.6. The van der Waals surface area contributed by atoms with Crippen LogP contribution in [0.4, 0.5) is 0 Å². The van der Waals surface area contributed by atoms with Crippen molar-refractivity contribution in [2.45, 2.75) is 57.4 Å². The summed E-state index contributed by atoms with van der Waals surface area (Å²) in [6.45, 7) is 4.23. The van der Waals surface area contributed by atoms with Gasteiger partial charge in [0, 0.05) is 28.8 Å². The number of hydrogen-bond acceptors (Lipinski definition) is 3. The van der Waals surface area contributed by atoms with Gasteiger partial charge >= 0.3 is 0 Å². The summed E-state index contributed by atoms with van der Waals surface area (Å²) in [6.07, 6.45) is 8.45. The Morgan fingerprint density at radius 3 is 2.42 bits per heavy atom. The van der Waals surface area contributed by atoms with Crippen molar-refractivity contribution in [2.75, 3.05) is 27.2 Å². The molecule has 24 heavy (non-hydrogen) atoms. The molecule has 0 aromatic carbocycles. The van der Waals surface area contributed by atoms with Crippen molar-refractivity contribution in [3.05, 3.63) is 21.9 Å². The molecule has 4 rings (SSSR count). The Kier molecular flexibility index (Phi) is 4.04. The van der Waals surface area contributed by atoms with Gasteiger partial charge in [-0.2, -0.15) is 0 Å². The summed E-state index contributed by atoms with van der Waals surface area (Å²) in [5, 5.41) is 0. The summed E-state index contributed by atoms with van der Waals surface area (Å²) in [5.41, 5.74) is 0.606. The van der Waals surface area contributed by atoms with Crippen molar-refractivity contribution in [2.24, 2.45) is 11.3 Å². The largest absolute Gasteiger partial charge is 0.342 e. The van der Waals surface area contributed by atoms with Crippen LogP contribution in [0.15, 0.2) is 12.1 Å². The van der Waals surface area contributed by atoms with E-state index in [0.717, 1.165) is 25.9 Å². The van der Waals surface area contributed by atoms with Gasteiger partial charge in [0.25, 0.3) is 0 Å². The molecule has 2 saturated carbocycles. The third-order valence-electron chi connectivity index (χ3n) is 6.87. The first-order valence-electron chi connectivity index (χ1n) is 9.47. The van der Waals surface area contributed by atoms with Gasteiger partial charge in [-0.15, -0.1) is 11.3 Å². The van der Waals surface area contributed by atoms with Gasteiger partial charge in [-0.25, -0.2) is 0 Å². The highest BCUT2D eigenvalue weighted by molar-refractivity contribution is 7.12. The smallest absolute Gasteiger partial charge is 0.225 e. The van der Waals surface area contributed by atoms with E-state index in [1.165, 1.54) is 41.9 Å². The first kappa shape index (κ1) is 16.6.